The van der Waals surface area contributed by atoms with Crippen LogP contribution in [0.3, 0.4) is 0 Å². The van der Waals surface area contributed by atoms with Crippen LogP contribution in [0.1, 0.15) is 28.0 Å². The van der Waals surface area contributed by atoms with Crippen LogP contribution in [-0.4, -0.2) is 59.1 Å². The van der Waals surface area contributed by atoms with Gasteiger partial charge in [-0.3, -0.25) is 14.7 Å². The smallest absolute Gasteiger partial charge is 0.410 e. The van der Waals surface area contributed by atoms with Crippen LogP contribution in [0, 0.1) is 0 Å². The van der Waals surface area contributed by atoms with Crippen LogP contribution in [-0.2, 0) is 17.9 Å². The summed E-state index contributed by atoms with van der Waals surface area (Å²) in [5.74, 6) is 0.664. The van der Waals surface area contributed by atoms with Crippen molar-refractivity contribution < 1.29 is 23.8 Å². The quantitative estimate of drug-likeness (QED) is 0.518. The number of hydrogen-bond acceptors (Lipinski definition) is 6. The van der Waals surface area contributed by atoms with Gasteiger partial charge in [0.25, 0.3) is 5.91 Å². The fraction of sp³-hybridized carbons (Fsp3) is 0.296. The predicted molar refractivity (Wildman–Crippen MR) is 128 cm³/mol. The van der Waals surface area contributed by atoms with Crippen LogP contribution >= 0.6 is 0 Å². The Bertz CT molecular complexity index is 1200. The first-order valence-corrected chi connectivity index (χ1v) is 11.6. The number of hydrogen-bond donors (Lipinski definition) is 0. The molecule has 0 saturated carbocycles. The van der Waals surface area contributed by atoms with Gasteiger partial charge in [-0.25, -0.2) is 4.79 Å². The summed E-state index contributed by atoms with van der Waals surface area (Å²) in [6.07, 6.45) is 1.94. The molecule has 0 aliphatic carbocycles. The lowest BCUT2D eigenvalue weighted by Crippen LogP contribution is -2.39. The summed E-state index contributed by atoms with van der Waals surface area (Å²) < 4.78 is 17.3. The number of rotatable bonds is 7. The second-order valence-corrected chi connectivity index (χ2v) is 8.82. The third-order valence-electron chi connectivity index (χ3n) is 6.38. The number of benzene rings is 2. The molecule has 1 unspecified atom stereocenters. The van der Waals surface area contributed by atoms with Crippen molar-refractivity contribution in [3.63, 3.8) is 0 Å². The molecule has 2 aliphatic rings. The topological polar surface area (TPSA) is 81.2 Å². The zero-order chi connectivity index (χ0) is 24.3. The molecule has 2 aromatic carbocycles. The summed E-state index contributed by atoms with van der Waals surface area (Å²) in [7, 11) is 1.54. The molecule has 5 rings (SSSR count). The zero-order valence-corrected chi connectivity index (χ0v) is 19.6. The molecule has 180 valence electrons. The van der Waals surface area contributed by atoms with E-state index in [0.717, 1.165) is 11.3 Å². The minimum absolute atomic E-state index is 0.186. The molecule has 1 aromatic heterocycles. The van der Waals surface area contributed by atoms with E-state index in [1.54, 1.807) is 41.3 Å². The Hall–Kier alpha value is -4.07. The van der Waals surface area contributed by atoms with Crippen LogP contribution in [0.4, 0.5) is 4.79 Å². The van der Waals surface area contributed by atoms with Gasteiger partial charge in [0.05, 0.1) is 31.5 Å². The normalized spacial score (nSPS) is 19.2. The minimum Gasteiger partial charge on any atom is -0.493 e. The summed E-state index contributed by atoms with van der Waals surface area (Å²) in [4.78, 5) is 33.9. The molecule has 0 bridgehead atoms. The molecule has 8 heteroatoms. The van der Waals surface area contributed by atoms with Gasteiger partial charge < -0.3 is 19.1 Å². The SMILES string of the molecule is COc1cccc(C(=O)N2CCC3(CN(Cc4ccccc4)C(=O)O3)C2)c1OCc1ccccn1. The molecule has 0 radical (unpaired) electrons. The number of aromatic nitrogens is 1. The van der Waals surface area contributed by atoms with Gasteiger partial charge >= 0.3 is 6.09 Å². The van der Waals surface area contributed by atoms with Gasteiger partial charge in [-0.2, -0.15) is 0 Å². The number of para-hydroxylation sites is 1. The first-order chi connectivity index (χ1) is 17.1. The molecule has 2 amide bonds. The fourth-order valence-electron chi connectivity index (χ4n) is 4.64. The largest absolute Gasteiger partial charge is 0.493 e. The molecule has 2 aliphatic heterocycles. The lowest BCUT2D eigenvalue weighted by atomic mass is 10.0. The van der Waals surface area contributed by atoms with Gasteiger partial charge in [0.1, 0.15) is 6.61 Å². The van der Waals surface area contributed by atoms with E-state index in [1.807, 2.05) is 48.5 Å². The third kappa shape index (κ3) is 4.77. The predicted octanol–water partition coefficient (Wildman–Crippen LogP) is 3.91. The zero-order valence-electron chi connectivity index (χ0n) is 19.6. The van der Waals surface area contributed by atoms with Crippen LogP contribution < -0.4 is 9.47 Å². The maximum absolute atomic E-state index is 13.6. The van der Waals surface area contributed by atoms with Crippen molar-refractivity contribution in [3.05, 3.63) is 89.7 Å². The molecular weight excluding hydrogens is 446 g/mol. The third-order valence-corrected chi connectivity index (χ3v) is 6.38. The van der Waals surface area contributed by atoms with Crippen molar-refractivity contribution >= 4 is 12.0 Å². The molecule has 1 atom stereocenters. The summed E-state index contributed by atoms with van der Waals surface area (Å²) in [5, 5.41) is 0. The Morgan fingerprint density at radius 3 is 2.66 bits per heavy atom. The van der Waals surface area contributed by atoms with Crippen LogP contribution in [0.15, 0.2) is 72.9 Å². The molecule has 0 N–H and O–H groups in total. The van der Waals surface area contributed by atoms with E-state index in [4.69, 9.17) is 14.2 Å². The number of carbonyl (C=O) groups is 2. The summed E-state index contributed by atoms with van der Waals surface area (Å²) in [5.41, 5.74) is 1.49. The Labute approximate surface area is 204 Å². The second-order valence-electron chi connectivity index (χ2n) is 8.82. The van der Waals surface area contributed by atoms with E-state index in [-0.39, 0.29) is 18.6 Å². The molecule has 2 fully saturated rings. The van der Waals surface area contributed by atoms with Gasteiger partial charge in [-0.15, -0.1) is 0 Å². The van der Waals surface area contributed by atoms with E-state index in [9.17, 15) is 9.59 Å². The molecule has 35 heavy (non-hydrogen) atoms. The van der Waals surface area contributed by atoms with Crippen molar-refractivity contribution in [1.82, 2.24) is 14.8 Å². The van der Waals surface area contributed by atoms with Crippen molar-refractivity contribution in [3.8, 4) is 11.5 Å². The van der Waals surface area contributed by atoms with Gasteiger partial charge in [0.15, 0.2) is 17.1 Å². The Morgan fingerprint density at radius 1 is 1.06 bits per heavy atom. The molecule has 3 heterocycles. The lowest BCUT2D eigenvalue weighted by Gasteiger charge is -2.23. The number of likely N-dealkylation sites (tertiary alicyclic amines) is 1. The summed E-state index contributed by atoms with van der Waals surface area (Å²) in [6, 6.07) is 20.6. The van der Waals surface area contributed by atoms with E-state index < -0.39 is 5.60 Å². The fourth-order valence-corrected chi connectivity index (χ4v) is 4.64. The standard InChI is InChI=1S/C27H27N3O5/c1-33-23-12-7-11-22(24(23)34-17-21-10-5-6-14-28-21)25(31)29-15-13-27(18-29)19-30(26(32)35-27)16-20-8-3-2-4-9-20/h2-12,14H,13,15-19H2,1H3. The molecule has 1 spiro atoms. The number of carbonyl (C=O) groups excluding carboxylic acids is 2. The van der Waals surface area contributed by atoms with Gasteiger partial charge in [-0.05, 0) is 29.8 Å². The summed E-state index contributed by atoms with van der Waals surface area (Å²) >= 11 is 0. The van der Waals surface area contributed by atoms with Gasteiger partial charge in [0, 0.05) is 25.7 Å². The van der Waals surface area contributed by atoms with Gasteiger partial charge in [-0.1, -0.05) is 42.5 Å². The number of ether oxygens (including phenoxy) is 3. The Kier molecular flexibility index (Phi) is 6.27. The number of methoxy groups -OCH3 is 1. The number of amides is 2. The average molecular weight is 474 g/mol. The van der Waals surface area contributed by atoms with Crippen molar-refractivity contribution in [1.29, 1.82) is 0 Å². The first-order valence-electron chi connectivity index (χ1n) is 11.6. The Balaban J connectivity index is 1.30. The monoisotopic (exact) mass is 473 g/mol. The van der Waals surface area contributed by atoms with Crippen molar-refractivity contribution in [2.24, 2.45) is 0 Å². The van der Waals surface area contributed by atoms with E-state index in [2.05, 4.69) is 4.98 Å². The lowest BCUT2D eigenvalue weighted by molar-refractivity contribution is 0.0550. The van der Waals surface area contributed by atoms with Crippen LogP contribution in [0.2, 0.25) is 0 Å². The van der Waals surface area contributed by atoms with Crippen molar-refractivity contribution in [2.45, 2.75) is 25.2 Å². The first kappa shape index (κ1) is 22.7. The molecule has 8 nitrogen and oxygen atoms in total. The van der Waals surface area contributed by atoms with E-state index >= 15 is 0 Å². The maximum Gasteiger partial charge on any atom is 0.410 e. The Morgan fingerprint density at radius 2 is 1.89 bits per heavy atom. The highest BCUT2D eigenvalue weighted by molar-refractivity contribution is 5.98. The highest BCUT2D eigenvalue weighted by Crippen LogP contribution is 2.37. The highest BCUT2D eigenvalue weighted by Gasteiger charge is 2.50. The summed E-state index contributed by atoms with van der Waals surface area (Å²) in [6.45, 7) is 1.96. The average Bonchev–Trinajstić information content (AvgIpc) is 3.44. The molecule has 3 aromatic rings. The maximum atomic E-state index is 13.6. The van der Waals surface area contributed by atoms with E-state index in [1.165, 1.54) is 0 Å². The molecular formula is C27H27N3O5. The van der Waals surface area contributed by atoms with Crippen LogP contribution in [0.5, 0.6) is 11.5 Å². The number of pyridine rings is 1. The van der Waals surface area contributed by atoms with E-state index in [0.29, 0.717) is 49.7 Å². The number of nitrogens with zero attached hydrogens (tertiary/aromatic N) is 3. The molecule has 2 saturated heterocycles. The minimum atomic E-state index is -0.699. The highest BCUT2D eigenvalue weighted by atomic mass is 16.6. The van der Waals surface area contributed by atoms with Crippen molar-refractivity contribution in [2.75, 3.05) is 26.7 Å². The van der Waals surface area contributed by atoms with Crippen LogP contribution in [0.25, 0.3) is 0 Å². The second kappa shape index (κ2) is 9.66. The van der Waals surface area contributed by atoms with Gasteiger partial charge in [0.2, 0.25) is 0 Å².